The number of nitrogens with zero attached hydrogens (tertiary/aromatic N) is 1. The first-order valence-electron chi connectivity index (χ1n) is 12.4. The summed E-state index contributed by atoms with van der Waals surface area (Å²) in [7, 11) is 0. The molecular formula is C32H26N2O2S2. The summed E-state index contributed by atoms with van der Waals surface area (Å²) >= 11 is 3.34. The highest BCUT2D eigenvalue weighted by molar-refractivity contribution is 7.99. The maximum atomic E-state index is 12.9. The molecule has 188 valence electrons. The van der Waals surface area contributed by atoms with Crippen molar-refractivity contribution in [2.45, 2.75) is 33.4 Å². The van der Waals surface area contributed by atoms with Crippen LogP contribution in [0.3, 0.4) is 0 Å². The van der Waals surface area contributed by atoms with E-state index in [1.807, 2.05) is 98.8 Å². The van der Waals surface area contributed by atoms with Crippen molar-refractivity contribution in [3.8, 4) is 17.1 Å². The standard InChI is InChI=1S/C30H20N2O2S2.C2H6/c33-29-25-26(28(32-29)20-13-17-24(18-14-20)36-22-9-5-2-6-10-22)30(34)31-27(25)19-11-15-23(16-12-19)35-21-7-3-1-4-8-21;1-2/h1-18,31,34H;1-2H3. The fourth-order valence-corrected chi connectivity index (χ4v) is 5.86. The number of aromatic amines is 1. The molecule has 38 heavy (non-hydrogen) atoms. The summed E-state index contributed by atoms with van der Waals surface area (Å²) in [5, 5.41) is 10.8. The zero-order valence-electron chi connectivity index (χ0n) is 21.0. The van der Waals surface area contributed by atoms with Crippen molar-refractivity contribution in [1.82, 2.24) is 4.98 Å². The Labute approximate surface area is 230 Å². The molecule has 0 spiro atoms. The minimum absolute atomic E-state index is 0.0462. The average molecular weight is 535 g/mol. The highest BCUT2D eigenvalue weighted by Gasteiger charge is 2.33. The molecule has 1 amide bonds. The monoisotopic (exact) mass is 534 g/mol. The van der Waals surface area contributed by atoms with E-state index in [1.54, 1.807) is 23.5 Å². The van der Waals surface area contributed by atoms with Crippen LogP contribution in [0.1, 0.15) is 35.3 Å². The Morgan fingerprint density at radius 3 is 1.55 bits per heavy atom. The number of amides is 1. The maximum Gasteiger partial charge on any atom is 0.280 e. The van der Waals surface area contributed by atoms with E-state index in [9.17, 15) is 9.90 Å². The number of aromatic nitrogens is 1. The second-order valence-corrected chi connectivity index (χ2v) is 10.5. The van der Waals surface area contributed by atoms with Crippen molar-refractivity contribution in [3.05, 3.63) is 126 Å². The van der Waals surface area contributed by atoms with Crippen LogP contribution < -0.4 is 0 Å². The Hall–Kier alpha value is -4.00. The lowest BCUT2D eigenvalue weighted by atomic mass is 10.0. The molecular weight excluding hydrogens is 508 g/mol. The molecule has 0 saturated carbocycles. The van der Waals surface area contributed by atoms with E-state index < -0.39 is 0 Å². The van der Waals surface area contributed by atoms with Crippen LogP contribution in [-0.4, -0.2) is 21.7 Å². The number of hydrogen-bond donors (Lipinski definition) is 2. The lowest BCUT2D eigenvalue weighted by molar-refractivity contribution is 0.101. The zero-order valence-corrected chi connectivity index (χ0v) is 22.6. The smallest absolute Gasteiger partial charge is 0.280 e. The van der Waals surface area contributed by atoms with E-state index in [0.717, 1.165) is 30.7 Å². The number of benzene rings is 4. The molecule has 0 atom stereocenters. The van der Waals surface area contributed by atoms with Gasteiger partial charge in [0, 0.05) is 25.1 Å². The third-order valence-corrected chi connectivity index (χ3v) is 7.90. The third-order valence-electron chi connectivity index (χ3n) is 5.87. The highest BCUT2D eigenvalue weighted by Crippen LogP contribution is 2.39. The second-order valence-electron chi connectivity index (χ2n) is 8.24. The quantitative estimate of drug-likeness (QED) is 0.229. The maximum absolute atomic E-state index is 12.9. The molecule has 0 aliphatic carbocycles. The Bertz CT molecular complexity index is 1580. The summed E-state index contributed by atoms with van der Waals surface area (Å²) < 4.78 is 0. The minimum atomic E-state index is -0.350. The highest BCUT2D eigenvalue weighted by atomic mass is 32.2. The van der Waals surface area contributed by atoms with Crippen molar-refractivity contribution >= 4 is 35.1 Å². The van der Waals surface area contributed by atoms with Crippen LogP contribution >= 0.6 is 23.5 Å². The Morgan fingerprint density at radius 1 is 0.605 bits per heavy atom. The molecule has 2 N–H and O–H groups in total. The van der Waals surface area contributed by atoms with Gasteiger partial charge in [0.25, 0.3) is 5.91 Å². The molecule has 6 heteroatoms. The molecule has 0 radical (unpaired) electrons. The Morgan fingerprint density at radius 2 is 1.05 bits per heavy atom. The van der Waals surface area contributed by atoms with Crippen LogP contribution in [0, 0.1) is 0 Å². The summed E-state index contributed by atoms with van der Waals surface area (Å²) in [4.78, 5) is 24.8. The summed E-state index contributed by atoms with van der Waals surface area (Å²) in [5.41, 5.74) is 3.55. The summed E-state index contributed by atoms with van der Waals surface area (Å²) in [6.45, 7) is 4.00. The zero-order chi connectivity index (χ0) is 26.5. The Balaban J connectivity index is 0.00000144. The number of aromatic hydroxyl groups is 1. The fourth-order valence-electron chi connectivity index (χ4n) is 4.19. The summed E-state index contributed by atoms with van der Waals surface area (Å²) in [5.74, 6) is -0.396. The van der Waals surface area contributed by atoms with E-state index in [1.165, 1.54) is 0 Å². The van der Waals surface area contributed by atoms with Crippen molar-refractivity contribution in [3.63, 3.8) is 0 Å². The molecule has 5 aromatic rings. The number of aliphatic imine (C=N–C) groups is 1. The van der Waals surface area contributed by atoms with Gasteiger partial charge in [-0.15, -0.1) is 0 Å². The predicted molar refractivity (Wildman–Crippen MR) is 157 cm³/mol. The van der Waals surface area contributed by atoms with Gasteiger partial charge >= 0.3 is 0 Å². The van der Waals surface area contributed by atoms with E-state index in [0.29, 0.717) is 22.5 Å². The van der Waals surface area contributed by atoms with Crippen molar-refractivity contribution in [2.24, 2.45) is 4.99 Å². The molecule has 6 rings (SSSR count). The molecule has 0 unspecified atom stereocenters. The van der Waals surface area contributed by atoms with E-state index in [2.05, 4.69) is 34.2 Å². The third kappa shape index (κ3) is 5.32. The fraction of sp³-hybridized carbons (Fsp3) is 0.0625. The Kier molecular flexibility index (Phi) is 7.82. The molecule has 1 aliphatic heterocycles. The van der Waals surface area contributed by atoms with Gasteiger partial charge in [-0.3, -0.25) is 4.79 Å². The molecule has 1 aliphatic rings. The second kappa shape index (κ2) is 11.6. The van der Waals surface area contributed by atoms with Crippen molar-refractivity contribution in [1.29, 1.82) is 0 Å². The molecule has 0 saturated heterocycles. The molecule has 0 fully saturated rings. The van der Waals surface area contributed by atoms with Gasteiger partial charge in [-0.1, -0.05) is 98.0 Å². The minimum Gasteiger partial charge on any atom is -0.494 e. The first-order chi connectivity index (χ1) is 18.7. The van der Waals surface area contributed by atoms with Gasteiger partial charge in [0.05, 0.1) is 22.5 Å². The van der Waals surface area contributed by atoms with E-state index in [4.69, 9.17) is 0 Å². The lowest BCUT2D eigenvalue weighted by Gasteiger charge is -2.05. The number of fused-ring (bicyclic) bond motifs is 1. The number of carbonyl (C=O) groups excluding carboxylic acids is 1. The van der Waals surface area contributed by atoms with Gasteiger partial charge in [0.1, 0.15) is 0 Å². The summed E-state index contributed by atoms with van der Waals surface area (Å²) in [6, 6.07) is 36.1. The number of rotatable bonds is 6. The van der Waals surface area contributed by atoms with Crippen LogP contribution in [0.5, 0.6) is 5.88 Å². The van der Waals surface area contributed by atoms with Crippen molar-refractivity contribution in [2.75, 3.05) is 0 Å². The molecule has 2 heterocycles. The topological polar surface area (TPSA) is 65.4 Å². The van der Waals surface area contributed by atoms with Gasteiger partial charge < -0.3 is 10.1 Å². The first kappa shape index (κ1) is 25.6. The van der Waals surface area contributed by atoms with Crippen molar-refractivity contribution < 1.29 is 9.90 Å². The largest absolute Gasteiger partial charge is 0.494 e. The van der Waals surface area contributed by atoms with Crippen LogP contribution in [0.25, 0.3) is 11.3 Å². The number of hydrogen-bond acceptors (Lipinski definition) is 4. The average Bonchev–Trinajstić information content (AvgIpc) is 3.50. The van der Waals surface area contributed by atoms with Gasteiger partial charge in [0.2, 0.25) is 0 Å². The summed E-state index contributed by atoms with van der Waals surface area (Å²) in [6.07, 6.45) is 0. The van der Waals surface area contributed by atoms with Crippen LogP contribution in [0.15, 0.2) is 134 Å². The van der Waals surface area contributed by atoms with Crippen LogP contribution in [0.2, 0.25) is 0 Å². The SMILES string of the molecule is CC.O=C1N=C(c2ccc(Sc3ccccc3)cc2)c2c(O)[nH]c(-c3ccc(Sc4ccccc4)cc3)c21. The molecule has 0 bridgehead atoms. The number of H-pyrrole nitrogens is 1. The number of carbonyl (C=O) groups is 1. The first-order valence-corrected chi connectivity index (χ1v) is 14.0. The predicted octanol–water partition coefficient (Wildman–Crippen LogP) is 8.71. The number of nitrogens with one attached hydrogen (secondary N) is 1. The van der Waals surface area contributed by atoms with Gasteiger partial charge in [0.15, 0.2) is 5.88 Å². The molecule has 1 aromatic heterocycles. The normalized spacial score (nSPS) is 11.9. The molecule has 4 aromatic carbocycles. The van der Waals surface area contributed by atoms with Gasteiger partial charge in [-0.25, -0.2) is 4.99 Å². The molecule has 4 nitrogen and oxygen atoms in total. The van der Waals surface area contributed by atoms with Gasteiger partial charge in [-0.2, -0.15) is 0 Å². The lowest BCUT2D eigenvalue weighted by Crippen LogP contribution is -1.99. The van der Waals surface area contributed by atoms with Gasteiger partial charge in [-0.05, 0) is 54.1 Å². The van der Waals surface area contributed by atoms with E-state index in [-0.39, 0.29) is 11.8 Å². The van der Waals surface area contributed by atoms with Crippen LogP contribution in [-0.2, 0) is 0 Å². The van der Waals surface area contributed by atoms with E-state index >= 15 is 0 Å². The van der Waals surface area contributed by atoms with Crippen LogP contribution in [0.4, 0.5) is 0 Å².